The van der Waals surface area contributed by atoms with Gasteiger partial charge in [-0.25, -0.2) is 8.78 Å². The summed E-state index contributed by atoms with van der Waals surface area (Å²) in [6.45, 7) is 1.53. The van der Waals surface area contributed by atoms with Crippen LogP contribution in [0.15, 0.2) is 6.20 Å². The summed E-state index contributed by atoms with van der Waals surface area (Å²) in [4.78, 5) is 14.4. The van der Waals surface area contributed by atoms with Gasteiger partial charge in [-0.2, -0.15) is 0 Å². The number of alkyl halides is 2. The Morgan fingerprint density at radius 2 is 2.25 bits per heavy atom. The van der Waals surface area contributed by atoms with Gasteiger partial charge in [0.25, 0.3) is 6.43 Å². The van der Waals surface area contributed by atoms with Crippen molar-refractivity contribution >= 4 is 5.97 Å². The third-order valence-electron chi connectivity index (χ3n) is 2.31. The molecule has 0 aliphatic heterocycles. The molecule has 0 spiro atoms. The lowest BCUT2D eigenvalue weighted by Gasteiger charge is -2.12. The number of hydrogen-bond donors (Lipinski definition) is 2. The number of aromatic nitrogens is 1. The van der Waals surface area contributed by atoms with Gasteiger partial charge >= 0.3 is 5.97 Å². The molecule has 6 heteroatoms. The maximum Gasteiger partial charge on any atom is 0.307 e. The van der Waals surface area contributed by atoms with Gasteiger partial charge in [0.05, 0.1) is 12.1 Å². The largest absolute Gasteiger partial charge is 0.481 e. The summed E-state index contributed by atoms with van der Waals surface area (Å²) >= 11 is 0. The Balaban J connectivity index is 3.28. The Morgan fingerprint density at radius 3 is 2.69 bits per heavy atom. The van der Waals surface area contributed by atoms with Crippen LogP contribution in [-0.4, -0.2) is 16.1 Å². The molecule has 0 atom stereocenters. The van der Waals surface area contributed by atoms with E-state index in [1.807, 2.05) is 0 Å². The predicted molar refractivity (Wildman–Crippen MR) is 53.2 cm³/mol. The van der Waals surface area contributed by atoms with Crippen molar-refractivity contribution in [1.82, 2.24) is 4.98 Å². The molecule has 0 aromatic carbocycles. The average Bonchev–Trinajstić information content (AvgIpc) is 2.16. The van der Waals surface area contributed by atoms with Gasteiger partial charge in [0.1, 0.15) is 0 Å². The number of halogens is 2. The van der Waals surface area contributed by atoms with Gasteiger partial charge in [-0.3, -0.25) is 9.78 Å². The van der Waals surface area contributed by atoms with Gasteiger partial charge in [0.2, 0.25) is 0 Å². The van der Waals surface area contributed by atoms with Crippen molar-refractivity contribution in [3.05, 3.63) is 28.6 Å². The molecule has 1 rings (SSSR count). The molecule has 1 aromatic heterocycles. The Morgan fingerprint density at radius 1 is 1.62 bits per heavy atom. The monoisotopic (exact) mass is 230 g/mol. The molecule has 0 saturated heterocycles. The number of carboxylic acids is 1. The Labute approximate surface area is 91.1 Å². The molecule has 0 radical (unpaired) electrons. The maximum atomic E-state index is 12.8. The van der Waals surface area contributed by atoms with Crippen molar-refractivity contribution in [3.8, 4) is 0 Å². The van der Waals surface area contributed by atoms with Crippen LogP contribution in [-0.2, 0) is 17.8 Å². The fourth-order valence-electron chi connectivity index (χ4n) is 1.53. The van der Waals surface area contributed by atoms with Crippen molar-refractivity contribution < 1.29 is 18.7 Å². The summed E-state index contributed by atoms with van der Waals surface area (Å²) in [5.74, 6) is -1.16. The molecule has 0 saturated carbocycles. The predicted octanol–water partition coefficient (Wildman–Crippen LogP) is 1.41. The van der Waals surface area contributed by atoms with Gasteiger partial charge in [-0.1, -0.05) is 0 Å². The van der Waals surface area contributed by atoms with Crippen LogP contribution in [0.3, 0.4) is 0 Å². The van der Waals surface area contributed by atoms with Crippen LogP contribution >= 0.6 is 0 Å². The standard InChI is InChI=1S/C10H12F2N2O2/c1-5-7(3-13)14-4-6(2-8(15)16)9(5)10(11)12/h4,10H,2-3,13H2,1H3,(H,15,16). The smallest absolute Gasteiger partial charge is 0.307 e. The molecular weight excluding hydrogens is 218 g/mol. The van der Waals surface area contributed by atoms with Crippen LogP contribution in [0.1, 0.15) is 28.8 Å². The van der Waals surface area contributed by atoms with E-state index in [1.165, 1.54) is 6.92 Å². The van der Waals surface area contributed by atoms with Crippen LogP contribution in [0, 0.1) is 6.92 Å². The summed E-state index contributed by atoms with van der Waals surface area (Å²) in [6, 6.07) is 0. The normalized spacial score (nSPS) is 10.8. The number of pyridine rings is 1. The molecular formula is C10H12F2N2O2. The van der Waals surface area contributed by atoms with Crippen LogP contribution < -0.4 is 5.73 Å². The van der Waals surface area contributed by atoms with E-state index in [-0.39, 0.29) is 23.2 Å². The lowest BCUT2D eigenvalue weighted by molar-refractivity contribution is -0.136. The first kappa shape index (κ1) is 12.5. The summed E-state index contributed by atoms with van der Waals surface area (Å²) in [5.41, 5.74) is 5.76. The van der Waals surface area contributed by atoms with E-state index in [0.29, 0.717) is 5.69 Å². The molecule has 16 heavy (non-hydrogen) atoms. The highest BCUT2D eigenvalue weighted by Gasteiger charge is 2.20. The minimum Gasteiger partial charge on any atom is -0.481 e. The zero-order chi connectivity index (χ0) is 12.3. The van der Waals surface area contributed by atoms with Crippen molar-refractivity contribution in [2.75, 3.05) is 0 Å². The van der Waals surface area contributed by atoms with Gasteiger partial charge in [-0.05, 0) is 18.1 Å². The summed E-state index contributed by atoms with van der Waals surface area (Å²) < 4.78 is 25.6. The topological polar surface area (TPSA) is 76.2 Å². The average molecular weight is 230 g/mol. The highest BCUT2D eigenvalue weighted by atomic mass is 19.3. The van der Waals surface area contributed by atoms with Gasteiger partial charge in [0.15, 0.2) is 0 Å². The quantitative estimate of drug-likeness (QED) is 0.820. The third-order valence-corrected chi connectivity index (χ3v) is 2.31. The summed E-state index contributed by atoms with van der Waals surface area (Å²) in [7, 11) is 0. The van der Waals surface area contributed by atoms with E-state index in [2.05, 4.69) is 4.98 Å². The van der Waals surface area contributed by atoms with Crippen LogP contribution in [0.2, 0.25) is 0 Å². The Bertz CT molecular complexity index is 408. The fraction of sp³-hybridized carbons (Fsp3) is 0.400. The number of nitrogens with zero attached hydrogens (tertiary/aromatic N) is 1. The van der Waals surface area contributed by atoms with Gasteiger partial charge in [0, 0.05) is 18.3 Å². The number of hydrogen-bond acceptors (Lipinski definition) is 3. The van der Waals surface area contributed by atoms with E-state index in [1.54, 1.807) is 0 Å². The first-order valence-corrected chi connectivity index (χ1v) is 4.64. The highest BCUT2D eigenvalue weighted by Crippen LogP contribution is 2.27. The van der Waals surface area contributed by atoms with Crippen LogP contribution in [0.25, 0.3) is 0 Å². The highest BCUT2D eigenvalue weighted by molar-refractivity contribution is 5.71. The molecule has 1 heterocycles. The zero-order valence-electron chi connectivity index (χ0n) is 8.70. The molecule has 4 nitrogen and oxygen atoms in total. The molecule has 0 unspecified atom stereocenters. The fourth-order valence-corrected chi connectivity index (χ4v) is 1.53. The molecule has 88 valence electrons. The van der Waals surface area contributed by atoms with E-state index in [9.17, 15) is 13.6 Å². The van der Waals surface area contributed by atoms with E-state index in [0.717, 1.165) is 6.20 Å². The summed E-state index contributed by atoms with van der Waals surface area (Å²) in [5, 5.41) is 8.59. The lowest BCUT2D eigenvalue weighted by atomic mass is 10.0. The van der Waals surface area contributed by atoms with Crippen molar-refractivity contribution in [3.63, 3.8) is 0 Å². The first-order valence-electron chi connectivity index (χ1n) is 4.64. The van der Waals surface area contributed by atoms with E-state index in [4.69, 9.17) is 10.8 Å². The second-order valence-electron chi connectivity index (χ2n) is 3.34. The minimum atomic E-state index is -2.72. The van der Waals surface area contributed by atoms with Crippen molar-refractivity contribution in [2.24, 2.45) is 5.73 Å². The molecule has 1 aromatic rings. The maximum absolute atomic E-state index is 12.8. The molecule has 0 amide bonds. The number of aliphatic carboxylic acids is 1. The SMILES string of the molecule is Cc1c(CN)ncc(CC(=O)O)c1C(F)F. The number of nitrogens with two attached hydrogens (primary N) is 1. The molecule has 0 aliphatic rings. The first-order chi connectivity index (χ1) is 7.47. The van der Waals surface area contributed by atoms with Gasteiger partial charge in [-0.15, -0.1) is 0 Å². The minimum absolute atomic E-state index is 0.0391. The van der Waals surface area contributed by atoms with Crippen LogP contribution in [0.4, 0.5) is 8.78 Å². The number of carbonyl (C=O) groups is 1. The third kappa shape index (κ3) is 2.52. The Kier molecular flexibility index (Phi) is 3.89. The Hall–Kier alpha value is -1.56. The second-order valence-corrected chi connectivity index (χ2v) is 3.34. The lowest BCUT2D eigenvalue weighted by Crippen LogP contribution is -2.11. The van der Waals surface area contributed by atoms with Crippen molar-refractivity contribution in [1.29, 1.82) is 0 Å². The number of rotatable bonds is 4. The van der Waals surface area contributed by atoms with Crippen LogP contribution in [0.5, 0.6) is 0 Å². The molecule has 0 bridgehead atoms. The van der Waals surface area contributed by atoms with Gasteiger partial charge < -0.3 is 10.8 Å². The second kappa shape index (κ2) is 4.98. The van der Waals surface area contributed by atoms with E-state index >= 15 is 0 Å². The van der Waals surface area contributed by atoms with E-state index < -0.39 is 18.8 Å². The molecule has 0 aliphatic carbocycles. The van der Waals surface area contributed by atoms with Crippen molar-refractivity contribution in [2.45, 2.75) is 26.3 Å². The zero-order valence-corrected chi connectivity index (χ0v) is 8.70. The summed E-state index contributed by atoms with van der Waals surface area (Å²) in [6.07, 6.45) is -2.02. The molecule has 3 N–H and O–H groups in total. The molecule has 0 fully saturated rings. The number of carboxylic acid groups (broad SMARTS) is 1.